The van der Waals surface area contributed by atoms with E-state index in [0.717, 1.165) is 0 Å². The molecule has 0 aliphatic heterocycles. The molecule has 4 aromatic carbocycles. The highest BCUT2D eigenvalue weighted by Crippen LogP contribution is 2.38. The van der Waals surface area contributed by atoms with E-state index in [1.54, 1.807) is 97.1 Å². The molecule has 8 heteroatoms. The highest BCUT2D eigenvalue weighted by Gasteiger charge is 2.44. The van der Waals surface area contributed by atoms with Crippen molar-refractivity contribution in [2.24, 2.45) is 16.7 Å². The first kappa shape index (κ1) is 41.2. The maximum absolute atomic E-state index is 12.5. The first-order valence-electron chi connectivity index (χ1n) is 17.6. The Morgan fingerprint density at radius 2 is 0.865 bits per heavy atom. The summed E-state index contributed by atoms with van der Waals surface area (Å²) in [6, 6.07) is 35.5. The zero-order chi connectivity index (χ0) is 38.4. The topological polar surface area (TPSA) is 105 Å². The molecule has 0 aliphatic rings. The standard InChI is InChI=1S/2C22H26O4/c1-16(2)19(26-21(24)18-13-9-6-10-14-18)22(3,4)15-25-20(23)17-11-7-5-8-12-17;1-5-22(4,26-20(24)18-14-10-7-11-15-18)21(2,3)16-25-19(23)17-12-8-6-9-13-17/h5-14,16,19H,15H2,1-4H3;6-15H,5,16H2,1-4H3. The molecule has 4 aromatic rings. The molecule has 0 heterocycles. The van der Waals surface area contributed by atoms with Crippen LogP contribution in [0.4, 0.5) is 0 Å². The molecule has 4 rings (SSSR count). The van der Waals surface area contributed by atoms with Crippen molar-refractivity contribution in [3.63, 3.8) is 0 Å². The van der Waals surface area contributed by atoms with E-state index < -0.39 is 22.5 Å². The van der Waals surface area contributed by atoms with Gasteiger partial charge in [0.15, 0.2) is 0 Å². The molecular weight excluding hydrogens is 656 g/mol. The molecule has 52 heavy (non-hydrogen) atoms. The second kappa shape index (κ2) is 18.8. The molecule has 0 fully saturated rings. The van der Waals surface area contributed by atoms with E-state index in [1.807, 2.05) is 79.7 Å². The van der Waals surface area contributed by atoms with Crippen LogP contribution in [-0.2, 0) is 18.9 Å². The van der Waals surface area contributed by atoms with E-state index in [0.29, 0.717) is 28.7 Å². The van der Waals surface area contributed by atoms with Gasteiger partial charge in [-0.15, -0.1) is 0 Å². The molecule has 0 aromatic heterocycles. The minimum absolute atomic E-state index is 0.0769. The lowest BCUT2D eigenvalue weighted by molar-refractivity contribution is -0.0969. The van der Waals surface area contributed by atoms with Gasteiger partial charge in [-0.1, -0.05) is 121 Å². The number of hydrogen-bond donors (Lipinski definition) is 0. The van der Waals surface area contributed by atoms with Gasteiger partial charge in [-0.3, -0.25) is 0 Å². The molecule has 0 radical (unpaired) electrons. The van der Waals surface area contributed by atoms with Crippen LogP contribution in [0.1, 0.15) is 103 Å². The van der Waals surface area contributed by atoms with E-state index >= 15 is 0 Å². The van der Waals surface area contributed by atoms with Gasteiger partial charge in [0.2, 0.25) is 0 Å². The van der Waals surface area contributed by atoms with Crippen LogP contribution in [-0.4, -0.2) is 48.8 Å². The lowest BCUT2D eigenvalue weighted by Crippen LogP contribution is -2.48. The summed E-state index contributed by atoms with van der Waals surface area (Å²) in [6.07, 6.45) is 0.209. The van der Waals surface area contributed by atoms with Crippen molar-refractivity contribution in [2.45, 2.75) is 73.5 Å². The Hall–Kier alpha value is -5.24. The van der Waals surface area contributed by atoms with Gasteiger partial charge in [0, 0.05) is 10.8 Å². The van der Waals surface area contributed by atoms with Crippen LogP contribution in [0.5, 0.6) is 0 Å². The van der Waals surface area contributed by atoms with Crippen LogP contribution in [0.25, 0.3) is 0 Å². The third-order valence-corrected chi connectivity index (χ3v) is 9.21. The number of carbonyl (C=O) groups is 4. The SMILES string of the molecule is CC(C)C(OC(=O)c1ccccc1)C(C)(C)COC(=O)c1ccccc1.CCC(C)(OC(=O)c1ccccc1)C(C)(C)COC(=O)c1ccccc1. The highest BCUT2D eigenvalue weighted by molar-refractivity contribution is 5.91. The smallest absolute Gasteiger partial charge is 0.338 e. The summed E-state index contributed by atoms with van der Waals surface area (Å²) < 4.78 is 22.6. The number of rotatable bonds is 14. The van der Waals surface area contributed by atoms with E-state index in [9.17, 15) is 19.2 Å². The van der Waals surface area contributed by atoms with Crippen LogP contribution < -0.4 is 0 Å². The zero-order valence-corrected chi connectivity index (χ0v) is 31.6. The van der Waals surface area contributed by atoms with Gasteiger partial charge >= 0.3 is 23.9 Å². The zero-order valence-electron chi connectivity index (χ0n) is 31.6. The number of ether oxygens (including phenoxy) is 4. The molecule has 0 amide bonds. The summed E-state index contributed by atoms with van der Waals surface area (Å²) in [5.41, 5.74) is 0.157. The maximum atomic E-state index is 12.5. The maximum Gasteiger partial charge on any atom is 0.338 e. The summed E-state index contributed by atoms with van der Waals surface area (Å²) in [6.45, 7) is 15.9. The normalized spacial score (nSPS) is 13.0. The Morgan fingerprint density at radius 1 is 0.519 bits per heavy atom. The van der Waals surface area contributed by atoms with Gasteiger partial charge in [0.05, 0.1) is 22.3 Å². The quantitative estimate of drug-likeness (QED) is 0.0942. The van der Waals surface area contributed by atoms with Crippen molar-refractivity contribution < 1.29 is 38.1 Å². The Balaban J connectivity index is 0.000000280. The van der Waals surface area contributed by atoms with Crippen molar-refractivity contribution in [3.05, 3.63) is 144 Å². The molecule has 276 valence electrons. The first-order valence-corrected chi connectivity index (χ1v) is 17.6. The number of benzene rings is 4. The van der Waals surface area contributed by atoms with Crippen LogP contribution in [0, 0.1) is 16.7 Å². The summed E-state index contributed by atoms with van der Waals surface area (Å²) >= 11 is 0. The van der Waals surface area contributed by atoms with E-state index in [1.165, 1.54) is 0 Å². The highest BCUT2D eigenvalue weighted by atomic mass is 16.6. The number of hydrogen-bond acceptors (Lipinski definition) is 8. The Morgan fingerprint density at radius 3 is 1.23 bits per heavy atom. The average molecular weight is 709 g/mol. The van der Waals surface area contributed by atoms with Crippen molar-refractivity contribution in [2.75, 3.05) is 13.2 Å². The molecule has 0 N–H and O–H groups in total. The predicted octanol–water partition coefficient (Wildman–Crippen LogP) is 9.65. The van der Waals surface area contributed by atoms with Crippen LogP contribution in [0.15, 0.2) is 121 Å². The average Bonchev–Trinajstić information content (AvgIpc) is 3.16. The minimum atomic E-state index is -0.781. The lowest BCUT2D eigenvalue weighted by Gasteiger charge is -2.42. The fourth-order valence-corrected chi connectivity index (χ4v) is 5.53. The van der Waals surface area contributed by atoms with Crippen LogP contribution in [0.3, 0.4) is 0 Å². The Labute approximate surface area is 308 Å². The molecule has 2 unspecified atom stereocenters. The predicted molar refractivity (Wildman–Crippen MR) is 202 cm³/mol. The molecule has 0 aliphatic carbocycles. The summed E-state index contributed by atoms with van der Waals surface area (Å²) in [5, 5.41) is 0. The number of carbonyl (C=O) groups excluding carboxylic acids is 4. The molecular formula is C44H52O8. The number of esters is 4. The monoisotopic (exact) mass is 708 g/mol. The van der Waals surface area contributed by atoms with Gasteiger partial charge in [0.25, 0.3) is 0 Å². The molecule has 0 bridgehead atoms. The van der Waals surface area contributed by atoms with Crippen LogP contribution >= 0.6 is 0 Å². The summed E-state index contributed by atoms with van der Waals surface area (Å²) in [5.74, 6) is -1.43. The fraction of sp³-hybridized carbons (Fsp3) is 0.364. The van der Waals surface area contributed by atoms with Gasteiger partial charge in [-0.05, 0) is 67.8 Å². The second-order valence-corrected chi connectivity index (χ2v) is 14.5. The fourth-order valence-electron chi connectivity index (χ4n) is 5.53. The van der Waals surface area contributed by atoms with E-state index in [-0.39, 0.29) is 43.0 Å². The van der Waals surface area contributed by atoms with Crippen LogP contribution in [0.2, 0.25) is 0 Å². The second-order valence-electron chi connectivity index (χ2n) is 14.5. The van der Waals surface area contributed by atoms with Gasteiger partial charge in [-0.25, -0.2) is 19.2 Å². The Bertz CT molecular complexity index is 1720. The van der Waals surface area contributed by atoms with Crippen molar-refractivity contribution in [3.8, 4) is 0 Å². The van der Waals surface area contributed by atoms with E-state index in [4.69, 9.17) is 18.9 Å². The van der Waals surface area contributed by atoms with Gasteiger partial charge < -0.3 is 18.9 Å². The van der Waals surface area contributed by atoms with Crippen molar-refractivity contribution in [1.82, 2.24) is 0 Å². The molecule has 0 saturated heterocycles. The van der Waals surface area contributed by atoms with Gasteiger partial charge in [-0.2, -0.15) is 0 Å². The molecule has 0 saturated carbocycles. The molecule has 8 nitrogen and oxygen atoms in total. The van der Waals surface area contributed by atoms with E-state index in [2.05, 4.69) is 0 Å². The molecule has 2 atom stereocenters. The first-order chi connectivity index (χ1) is 24.6. The minimum Gasteiger partial charge on any atom is -0.461 e. The third kappa shape index (κ3) is 11.7. The third-order valence-electron chi connectivity index (χ3n) is 9.21. The van der Waals surface area contributed by atoms with Crippen molar-refractivity contribution >= 4 is 23.9 Å². The largest absolute Gasteiger partial charge is 0.461 e. The lowest BCUT2D eigenvalue weighted by atomic mass is 9.74. The van der Waals surface area contributed by atoms with Gasteiger partial charge in [0.1, 0.15) is 24.9 Å². The Kier molecular flexibility index (Phi) is 14.9. The summed E-state index contributed by atoms with van der Waals surface area (Å²) in [4.78, 5) is 49.3. The van der Waals surface area contributed by atoms with Crippen molar-refractivity contribution in [1.29, 1.82) is 0 Å². The summed E-state index contributed by atoms with van der Waals surface area (Å²) in [7, 11) is 0. The molecule has 0 spiro atoms.